The first kappa shape index (κ1) is 41.4. The molecule has 3 fully saturated rings. The largest absolute Gasteiger partial charge is 0.493 e. The van der Waals surface area contributed by atoms with Gasteiger partial charge in [-0.2, -0.15) is 0 Å². The molecule has 1 heterocycles. The minimum atomic E-state index is -1.04. The minimum absolute atomic E-state index is 0.0939. The number of hydrogen-bond donors (Lipinski definition) is 2. The molecule has 2 saturated carbocycles. The van der Waals surface area contributed by atoms with Crippen molar-refractivity contribution in [2.75, 3.05) is 53.7 Å². The van der Waals surface area contributed by atoms with Crippen LogP contribution >= 0.6 is 23.2 Å². The standard InChI is InChI=1S/C43H52Cl2N2O9/c1-27-19-36(44)40(37(45)20-27)55-18-17-54-32-10-8-29(9-11-32)34-12-15-47(42(50)51)25-35(34)41(49)46-39(30-6-7-30)31-21-28(5-4-16-52-2)22-33(23-31)56-26-43(13-14-43)24-38(48)53-3/h8-11,19-23,30,34-35,39H,4-7,12-18,24-26H2,1-3H3,(H,46,49)(H,50,51). The van der Waals surface area contributed by atoms with E-state index >= 15 is 0 Å². The summed E-state index contributed by atoms with van der Waals surface area (Å²) in [6.45, 7) is 3.86. The van der Waals surface area contributed by atoms with E-state index in [1.807, 2.05) is 43.3 Å². The van der Waals surface area contributed by atoms with Gasteiger partial charge < -0.3 is 39.0 Å². The molecule has 11 nitrogen and oxygen atoms in total. The number of ether oxygens (including phenoxy) is 5. The van der Waals surface area contributed by atoms with E-state index in [1.165, 1.54) is 12.0 Å². The van der Waals surface area contributed by atoms with E-state index in [1.54, 1.807) is 19.2 Å². The second-order valence-corrected chi connectivity index (χ2v) is 16.2. The van der Waals surface area contributed by atoms with E-state index in [0.29, 0.717) is 59.9 Å². The molecule has 3 unspecified atom stereocenters. The lowest BCUT2D eigenvalue weighted by molar-refractivity contribution is -0.142. The van der Waals surface area contributed by atoms with Crippen molar-refractivity contribution >= 4 is 41.2 Å². The van der Waals surface area contributed by atoms with E-state index in [2.05, 4.69) is 11.4 Å². The number of halogens is 2. The average Bonchev–Trinajstić information content (AvgIpc) is 4.13. The van der Waals surface area contributed by atoms with Gasteiger partial charge in [-0.1, -0.05) is 41.4 Å². The molecule has 3 aromatic rings. The van der Waals surface area contributed by atoms with Gasteiger partial charge in [-0.05, 0) is 122 Å². The maximum Gasteiger partial charge on any atom is 0.407 e. The van der Waals surface area contributed by atoms with Gasteiger partial charge in [-0.3, -0.25) is 9.59 Å². The number of hydrogen-bond acceptors (Lipinski definition) is 8. The summed E-state index contributed by atoms with van der Waals surface area (Å²) in [7, 11) is 3.09. The van der Waals surface area contributed by atoms with Crippen molar-refractivity contribution < 1.29 is 43.2 Å². The summed E-state index contributed by atoms with van der Waals surface area (Å²) in [5.74, 6) is 0.808. The van der Waals surface area contributed by atoms with Crippen LogP contribution in [0.2, 0.25) is 10.0 Å². The van der Waals surface area contributed by atoms with Gasteiger partial charge in [0, 0.05) is 32.2 Å². The number of carbonyl (C=O) groups is 3. The number of benzene rings is 3. The van der Waals surface area contributed by atoms with Gasteiger partial charge in [0.2, 0.25) is 5.91 Å². The molecule has 3 aliphatic rings. The van der Waals surface area contributed by atoms with E-state index in [4.69, 9.17) is 46.9 Å². The van der Waals surface area contributed by atoms with Crippen LogP contribution in [0.3, 0.4) is 0 Å². The van der Waals surface area contributed by atoms with Crippen LogP contribution in [0.25, 0.3) is 0 Å². The molecular formula is C43H52Cl2N2O9. The fourth-order valence-corrected chi connectivity index (χ4v) is 8.28. The molecule has 0 spiro atoms. The second kappa shape index (κ2) is 18.8. The fourth-order valence-electron chi connectivity index (χ4n) is 7.57. The molecule has 0 radical (unpaired) electrons. The van der Waals surface area contributed by atoms with Gasteiger partial charge in [-0.25, -0.2) is 4.79 Å². The zero-order chi connectivity index (χ0) is 39.8. The van der Waals surface area contributed by atoms with Gasteiger partial charge >= 0.3 is 12.1 Å². The maximum atomic E-state index is 14.4. The summed E-state index contributed by atoms with van der Waals surface area (Å²) in [5, 5.41) is 14.2. The Morgan fingerprint density at radius 3 is 2.27 bits per heavy atom. The second-order valence-electron chi connectivity index (χ2n) is 15.4. The van der Waals surface area contributed by atoms with Crippen LogP contribution in [-0.4, -0.2) is 81.7 Å². The van der Waals surface area contributed by atoms with Crippen molar-refractivity contribution in [3.8, 4) is 17.2 Å². The van der Waals surface area contributed by atoms with Crippen LogP contribution in [-0.2, 0) is 25.5 Å². The first-order chi connectivity index (χ1) is 27.0. The summed E-state index contributed by atoms with van der Waals surface area (Å²) < 4.78 is 28.3. The molecule has 0 bridgehead atoms. The molecule has 2 amide bonds. The molecule has 3 aromatic carbocycles. The third kappa shape index (κ3) is 11.0. The smallest absolute Gasteiger partial charge is 0.407 e. The number of likely N-dealkylation sites (tertiary alicyclic amines) is 1. The Bertz CT molecular complexity index is 1820. The lowest BCUT2D eigenvalue weighted by Gasteiger charge is -2.37. The van der Waals surface area contributed by atoms with Crippen molar-refractivity contribution in [2.24, 2.45) is 17.3 Å². The predicted molar refractivity (Wildman–Crippen MR) is 213 cm³/mol. The van der Waals surface area contributed by atoms with Crippen LogP contribution < -0.4 is 19.5 Å². The summed E-state index contributed by atoms with van der Waals surface area (Å²) >= 11 is 12.6. The molecule has 6 rings (SSSR count). The molecule has 3 atom stereocenters. The Hall–Kier alpha value is -4.19. The fraction of sp³-hybridized carbons (Fsp3) is 0.512. The van der Waals surface area contributed by atoms with Gasteiger partial charge in [0.25, 0.3) is 0 Å². The van der Waals surface area contributed by atoms with Crippen molar-refractivity contribution in [3.63, 3.8) is 0 Å². The number of nitrogens with zero attached hydrogens (tertiary/aromatic N) is 1. The summed E-state index contributed by atoms with van der Waals surface area (Å²) in [6.07, 6.45) is 5.16. The number of amides is 2. The third-order valence-corrected chi connectivity index (χ3v) is 11.6. The normalized spacial score (nSPS) is 19.1. The van der Waals surface area contributed by atoms with Gasteiger partial charge in [0.15, 0.2) is 5.75 Å². The lowest BCUT2D eigenvalue weighted by Crippen LogP contribution is -2.49. The topological polar surface area (TPSA) is 133 Å². The highest BCUT2D eigenvalue weighted by Crippen LogP contribution is 2.49. The van der Waals surface area contributed by atoms with Crippen molar-refractivity contribution in [2.45, 2.75) is 70.3 Å². The van der Waals surface area contributed by atoms with Crippen LogP contribution in [0.5, 0.6) is 17.2 Å². The van der Waals surface area contributed by atoms with Gasteiger partial charge in [-0.15, -0.1) is 0 Å². The van der Waals surface area contributed by atoms with Gasteiger partial charge in [0.05, 0.1) is 42.1 Å². The number of methoxy groups -OCH3 is 2. The summed E-state index contributed by atoms with van der Waals surface area (Å²) in [5.41, 5.74) is 3.71. The number of piperidine rings is 1. The maximum absolute atomic E-state index is 14.4. The van der Waals surface area contributed by atoms with Crippen LogP contribution in [0, 0.1) is 24.2 Å². The average molecular weight is 812 g/mol. The van der Waals surface area contributed by atoms with Crippen molar-refractivity contribution in [3.05, 3.63) is 86.9 Å². The monoisotopic (exact) mass is 810 g/mol. The number of esters is 1. The summed E-state index contributed by atoms with van der Waals surface area (Å²) in [6, 6.07) is 17.1. The van der Waals surface area contributed by atoms with Gasteiger partial charge in [0.1, 0.15) is 24.7 Å². The zero-order valence-corrected chi connectivity index (χ0v) is 33.8. The predicted octanol–water partition coefficient (Wildman–Crippen LogP) is 8.41. The number of rotatable bonds is 19. The molecule has 13 heteroatoms. The van der Waals surface area contributed by atoms with E-state index in [0.717, 1.165) is 60.8 Å². The Morgan fingerprint density at radius 2 is 1.62 bits per heavy atom. The number of carbonyl (C=O) groups excluding carboxylic acids is 2. The minimum Gasteiger partial charge on any atom is -0.493 e. The molecule has 1 saturated heterocycles. The lowest BCUT2D eigenvalue weighted by atomic mass is 9.79. The third-order valence-electron chi connectivity index (χ3n) is 11.1. The molecular weight excluding hydrogens is 759 g/mol. The first-order valence-corrected chi connectivity index (χ1v) is 20.1. The quantitative estimate of drug-likeness (QED) is 0.0905. The SMILES string of the molecule is COCCCc1cc(OCC2(CC(=O)OC)CC2)cc(C(NC(=O)C2CN(C(=O)O)CCC2c2ccc(OCCOc3c(Cl)cc(C)cc3Cl)cc2)C2CC2)c1. The highest BCUT2D eigenvalue weighted by atomic mass is 35.5. The molecule has 56 heavy (non-hydrogen) atoms. The highest BCUT2D eigenvalue weighted by Gasteiger charge is 2.46. The Kier molecular flexibility index (Phi) is 13.9. The zero-order valence-electron chi connectivity index (χ0n) is 32.3. The Balaban J connectivity index is 1.15. The molecule has 2 N–H and O–H groups in total. The van der Waals surface area contributed by atoms with E-state index in [9.17, 15) is 19.5 Å². The Morgan fingerprint density at radius 1 is 0.911 bits per heavy atom. The number of aryl methyl sites for hydroxylation is 2. The van der Waals surface area contributed by atoms with Crippen molar-refractivity contribution in [1.29, 1.82) is 0 Å². The first-order valence-electron chi connectivity index (χ1n) is 19.4. The molecule has 1 aliphatic heterocycles. The molecule has 2 aliphatic carbocycles. The number of carboxylic acid groups (broad SMARTS) is 1. The highest BCUT2D eigenvalue weighted by molar-refractivity contribution is 6.37. The molecule has 0 aromatic heterocycles. The van der Waals surface area contributed by atoms with E-state index < -0.39 is 12.0 Å². The van der Waals surface area contributed by atoms with Crippen molar-refractivity contribution in [1.82, 2.24) is 10.2 Å². The van der Waals surface area contributed by atoms with Crippen LogP contribution in [0.1, 0.15) is 79.2 Å². The van der Waals surface area contributed by atoms with Crippen LogP contribution in [0.4, 0.5) is 4.79 Å². The van der Waals surface area contributed by atoms with Crippen LogP contribution in [0.15, 0.2) is 54.6 Å². The Labute approximate surface area is 338 Å². The molecule has 302 valence electrons. The number of nitrogens with one attached hydrogen (secondary N) is 1. The summed E-state index contributed by atoms with van der Waals surface area (Å²) in [4.78, 5) is 39.9. The van der Waals surface area contributed by atoms with E-state index in [-0.39, 0.29) is 54.9 Å².